The molecule has 1 aromatic carbocycles. The highest BCUT2D eigenvalue weighted by Gasteiger charge is 2.29. The van der Waals surface area contributed by atoms with Crippen molar-refractivity contribution in [3.8, 4) is 0 Å². The highest BCUT2D eigenvalue weighted by molar-refractivity contribution is 6.31. The van der Waals surface area contributed by atoms with Crippen LogP contribution in [0.5, 0.6) is 0 Å². The fourth-order valence-corrected chi connectivity index (χ4v) is 4.33. The Bertz CT molecular complexity index is 972. The molecule has 26 heavy (non-hydrogen) atoms. The van der Waals surface area contributed by atoms with E-state index in [2.05, 4.69) is 59.7 Å². The number of hydrogen-bond acceptors (Lipinski definition) is 2. The average molecular weight is 366 g/mol. The molecule has 3 heterocycles. The van der Waals surface area contributed by atoms with Gasteiger partial charge in [-0.1, -0.05) is 24.6 Å². The van der Waals surface area contributed by atoms with Crippen molar-refractivity contribution < 1.29 is 0 Å². The van der Waals surface area contributed by atoms with Crippen LogP contribution in [-0.4, -0.2) is 28.0 Å². The first-order valence-corrected chi connectivity index (χ1v) is 9.59. The number of nitrogens with zero attached hydrogens (tertiary/aromatic N) is 3. The number of pyridine rings is 1. The molecular formula is C22H24ClN3. The summed E-state index contributed by atoms with van der Waals surface area (Å²) in [6, 6.07) is 10.8. The second-order valence-electron chi connectivity index (χ2n) is 7.10. The molecule has 4 rings (SSSR count). The molecule has 1 unspecified atom stereocenters. The number of rotatable bonds is 3. The van der Waals surface area contributed by atoms with Crippen LogP contribution in [0.25, 0.3) is 22.7 Å². The topological polar surface area (TPSA) is 21.1 Å². The zero-order valence-corrected chi connectivity index (χ0v) is 16.3. The Hall–Kier alpha value is -2.10. The third-order valence-electron chi connectivity index (χ3n) is 5.50. The highest BCUT2D eigenvalue weighted by atomic mass is 35.5. The smallest absolute Gasteiger partial charge is 0.0530 e. The second-order valence-corrected chi connectivity index (χ2v) is 7.54. The predicted molar refractivity (Wildman–Crippen MR) is 110 cm³/mol. The van der Waals surface area contributed by atoms with Crippen LogP contribution in [0.4, 0.5) is 0 Å². The van der Waals surface area contributed by atoms with Gasteiger partial charge in [-0.3, -0.25) is 9.88 Å². The van der Waals surface area contributed by atoms with Crippen molar-refractivity contribution in [2.45, 2.75) is 32.7 Å². The van der Waals surface area contributed by atoms with Crippen LogP contribution in [0.2, 0.25) is 5.02 Å². The van der Waals surface area contributed by atoms with Gasteiger partial charge >= 0.3 is 0 Å². The van der Waals surface area contributed by atoms with E-state index in [9.17, 15) is 0 Å². The lowest BCUT2D eigenvalue weighted by Crippen LogP contribution is -2.32. The Labute approximate surface area is 159 Å². The second kappa shape index (κ2) is 6.90. The summed E-state index contributed by atoms with van der Waals surface area (Å²) in [5.41, 5.74) is 6.44. The van der Waals surface area contributed by atoms with E-state index in [1.54, 1.807) is 0 Å². The van der Waals surface area contributed by atoms with E-state index >= 15 is 0 Å². The van der Waals surface area contributed by atoms with E-state index in [4.69, 9.17) is 11.6 Å². The van der Waals surface area contributed by atoms with Crippen LogP contribution in [-0.2, 0) is 6.42 Å². The van der Waals surface area contributed by atoms with Gasteiger partial charge in [0.25, 0.3) is 0 Å². The number of hydrogen-bond donors (Lipinski definition) is 0. The van der Waals surface area contributed by atoms with Gasteiger partial charge in [-0.2, -0.15) is 0 Å². The third kappa shape index (κ3) is 2.85. The monoisotopic (exact) mass is 365 g/mol. The molecule has 0 aliphatic carbocycles. The fourth-order valence-electron chi connectivity index (χ4n) is 4.16. The van der Waals surface area contributed by atoms with Gasteiger partial charge in [0.2, 0.25) is 0 Å². The fraction of sp³-hybridized carbons (Fsp3) is 0.318. The Balaban J connectivity index is 1.98. The summed E-state index contributed by atoms with van der Waals surface area (Å²) in [6.45, 7) is 5.50. The predicted octanol–water partition coefficient (Wildman–Crippen LogP) is 5.65. The van der Waals surface area contributed by atoms with Gasteiger partial charge in [0.1, 0.15) is 0 Å². The maximum absolute atomic E-state index is 6.33. The van der Waals surface area contributed by atoms with E-state index in [1.807, 2.05) is 24.5 Å². The lowest BCUT2D eigenvalue weighted by Gasteiger charge is -2.33. The lowest BCUT2D eigenvalue weighted by atomic mass is 9.96. The summed E-state index contributed by atoms with van der Waals surface area (Å²) in [5, 5.41) is 2.09. The molecule has 0 N–H and O–H groups in total. The molecule has 3 nitrogen and oxygen atoms in total. The first-order valence-electron chi connectivity index (χ1n) is 9.21. The van der Waals surface area contributed by atoms with E-state index < -0.39 is 0 Å². The number of aromatic nitrogens is 2. The highest BCUT2D eigenvalue weighted by Crippen LogP contribution is 2.39. The summed E-state index contributed by atoms with van der Waals surface area (Å²) in [4.78, 5) is 6.73. The lowest BCUT2D eigenvalue weighted by molar-refractivity contribution is 0.220. The summed E-state index contributed by atoms with van der Waals surface area (Å²) in [6.07, 6.45) is 8.14. The molecule has 0 bridgehead atoms. The summed E-state index contributed by atoms with van der Waals surface area (Å²) in [7, 11) is 2.23. The number of likely N-dealkylation sites (N-methyl/N-ethyl adjacent to an activating group) is 1. The summed E-state index contributed by atoms with van der Waals surface area (Å²) < 4.78 is 2.38. The molecule has 0 radical (unpaired) electrons. The SMILES string of the molecule is CCC1c2c(c3cc(Cl)ccc3n2/C=C(\C)c2cccnc2)CCN1C. The minimum Gasteiger partial charge on any atom is -0.318 e. The number of halogens is 1. The molecule has 1 aliphatic heterocycles. The molecule has 1 aliphatic rings. The number of benzene rings is 1. The van der Waals surface area contributed by atoms with Gasteiger partial charge in [0, 0.05) is 41.2 Å². The van der Waals surface area contributed by atoms with Crippen molar-refractivity contribution in [3.63, 3.8) is 0 Å². The van der Waals surface area contributed by atoms with E-state index in [-0.39, 0.29) is 0 Å². The van der Waals surface area contributed by atoms with Crippen LogP contribution in [0.15, 0.2) is 42.7 Å². The summed E-state index contributed by atoms with van der Waals surface area (Å²) >= 11 is 6.33. The minimum absolute atomic E-state index is 0.419. The molecule has 3 aromatic rings. The Morgan fingerprint density at radius 2 is 2.19 bits per heavy atom. The van der Waals surface area contributed by atoms with Crippen LogP contribution in [0.3, 0.4) is 0 Å². The van der Waals surface area contributed by atoms with Crippen LogP contribution in [0.1, 0.15) is 43.1 Å². The molecule has 1 atom stereocenters. The zero-order valence-electron chi connectivity index (χ0n) is 15.5. The Morgan fingerprint density at radius 3 is 2.92 bits per heavy atom. The molecule has 0 fully saturated rings. The van der Waals surface area contributed by atoms with Crippen LogP contribution < -0.4 is 0 Å². The molecule has 2 aromatic heterocycles. The minimum atomic E-state index is 0.419. The molecule has 0 spiro atoms. The number of allylic oxidation sites excluding steroid dienone is 1. The van der Waals surface area contributed by atoms with Gasteiger partial charge < -0.3 is 4.57 Å². The van der Waals surface area contributed by atoms with Crippen molar-refractivity contribution >= 4 is 34.3 Å². The molecule has 0 saturated heterocycles. The van der Waals surface area contributed by atoms with Crippen molar-refractivity contribution in [1.29, 1.82) is 0 Å². The standard InChI is InChI=1S/C22H24ClN3/c1-4-20-22-18(9-11-25(20)3)19-12-17(23)7-8-21(19)26(22)14-15(2)16-6-5-10-24-13-16/h5-8,10,12-14,20H,4,9,11H2,1-3H3/b15-14+. The Morgan fingerprint density at radius 1 is 1.35 bits per heavy atom. The maximum atomic E-state index is 6.33. The van der Waals surface area contributed by atoms with Crippen LogP contribution in [0, 0.1) is 0 Å². The van der Waals surface area contributed by atoms with Gasteiger partial charge in [0.05, 0.1) is 11.6 Å². The zero-order chi connectivity index (χ0) is 18.3. The normalized spacial score (nSPS) is 18.3. The average Bonchev–Trinajstić information content (AvgIpc) is 2.95. The molecule has 134 valence electrons. The van der Waals surface area contributed by atoms with E-state index in [0.717, 1.165) is 30.0 Å². The maximum Gasteiger partial charge on any atom is 0.0530 e. The van der Waals surface area contributed by atoms with Gasteiger partial charge in [-0.25, -0.2) is 0 Å². The van der Waals surface area contributed by atoms with Crippen molar-refractivity contribution in [2.75, 3.05) is 13.6 Å². The molecule has 4 heteroatoms. The van der Waals surface area contributed by atoms with Gasteiger partial charge in [-0.05, 0) is 67.8 Å². The first kappa shape index (κ1) is 17.3. The third-order valence-corrected chi connectivity index (χ3v) is 5.74. The van der Waals surface area contributed by atoms with E-state index in [0.29, 0.717) is 6.04 Å². The van der Waals surface area contributed by atoms with Crippen molar-refractivity contribution in [1.82, 2.24) is 14.5 Å². The Kier molecular flexibility index (Phi) is 4.60. The molecule has 0 saturated carbocycles. The molecule has 0 amide bonds. The quantitative estimate of drug-likeness (QED) is 0.598. The van der Waals surface area contributed by atoms with Crippen LogP contribution >= 0.6 is 11.6 Å². The van der Waals surface area contributed by atoms with Gasteiger partial charge in [-0.15, -0.1) is 0 Å². The van der Waals surface area contributed by atoms with Crippen molar-refractivity contribution in [3.05, 3.63) is 64.6 Å². The van der Waals surface area contributed by atoms with E-state index in [1.165, 1.54) is 27.7 Å². The van der Waals surface area contributed by atoms with Gasteiger partial charge in [0.15, 0.2) is 0 Å². The van der Waals surface area contributed by atoms with Crippen molar-refractivity contribution in [2.24, 2.45) is 0 Å². The summed E-state index contributed by atoms with van der Waals surface area (Å²) in [5.74, 6) is 0. The number of fused-ring (bicyclic) bond motifs is 3. The largest absolute Gasteiger partial charge is 0.318 e. The molecular weight excluding hydrogens is 342 g/mol. The first-order chi connectivity index (χ1) is 12.6.